The smallest absolute Gasteiger partial charge is 0.253 e. The summed E-state index contributed by atoms with van der Waals surface area (Å²) in [6.45, 7) is 5.84. The third-order valence-electron chi connectivity index (χ3n) is 3.98. The second-order valence-electron chi connectivity index (χ2n) is 5.63. The molecule has 1 heterocycles. The zero-order chi connectivity index (χ0) is 15.1. The third kappa shape index (κ3) is 4.30. The molecule has 0 bridgehead atoms. The molecule has 112 valence electrons. The van der Waals surface area contributed by atoms with Crippen LogP contribution in [-0.2, 0) is 0 Å². The van der Waals surface area contributed by atoms with E-state index in [1.807, 2.05) is 4.90 Å². The van der Waals surface area contributed by atoms with Crippen LogP contribution < -0.4 is 5.32 Å². The van der Waals surface area contributed by atoms with Gasteiger partial charge >= 0.3 is 0 Å². The Morgan fingerprint density at radius 1 is 1.33 bits per heavy atom. The zero-order valence-corrected chi connectivity index (χ0v) is 12.6. The minimum absolute atomic E-state index is 0.0832. The number of carbonyl (C=O) groups is 1. The molecular weight excluding hydrogens is 262 g/mol. The van der Waals surface area contributed by atoms with Crippen molar-refractivity contribution in [2.75, 3.05) is 26.2 Å². The van der Waals surface area contributed by atoms with Gasteiger partial charge in [-0.05, 0) is 62.5 Å². The number of nitriles is 1. The van der Waals surface area contributed by atoms with Gasteiger partial charge in [0.15, 0.2) is 0 Å². The van der Waals surface area contributed by atoms with E-state index in [0.29, 0.717) is 17.0 Å². The Hall–Kier alpha value is -1.86. The molecule has 1 aromatic rings. The van der Waals surface area contributed by atoms with Crippen molar-refractivity contribution in [2.24, 2.45) is 5.92 Å². The van der Waals surface area contributed by atoms with Gasteiger partial charge in [0, 0.05) is 18.7 Å². The largest absolute Gasteiger partial charge is 0.338 e. The first-order valence-electron chi connectivity index (χ1n) is 7.74. The number of carbonyl (C=O) groups excluding carboxylic acids is 1. The lowest BCUT2D eigenvalue weighted by molar-refractivity contribution is 0.0716. The van der Waals surface area contributed by atoms with E-state index >= 15 is 0 Å². The lowest BCUT2D eigenvalue weighted by Gasteiger charge is -2.30. The van der Waals surface area contributed by atoms with Crippen LogP contribution in [0.25, 0.3) is 0 Å². The molecule has 0 atom stereocenters. The van der Waals surface area contributed by atoms with Gasteiger partial charge in [0.2, 0.25) is 0 Å². The monoisotopic (exact) mass is 285 g/mol. The van der Waals surface area contributed by atoms with Crippen molar-refractivity contribution < 1.29 is 4.79 Å². The second-order valence-corrected chi connectivity index (χ2v) is 5.63. The lowest BCUT2D eigenvalue weighted by Crippen LogP contribution is -2.39. The van der Waals surface area contributed by atoms with E-state index in [9.17, 15) is 4.79 Å². The first-order valence-corrected chi connectivity index (χ1v) is 7.74. The average Bonchev–Trinajstić information content (AvgIpc) is 2.55. The Morgan fingerprint density at radius 3 is 2.57 bits per heavy atom. The molecule has 21 heavy (non-hydrogen) atoms. The molecule has 2 rings (SSSR count). The van der Waals surface area contributed by atoms with Crippen molar-refractivity contribution in [3.63, 3.8) is 0 Å². The fourth-order valence-electron chi connectivity index (χ4n) is 2.79. The molecule has 1 N–H and O–H groups in total. The highest BCUT2D eigenvalue weighted by Gasteiger charge is 2.21. The number of piperidine rings is 1. The molecule has 0 saturated carbocycles. The summed E-state index contributed by atoms with van der Waals surface area (Å²) >= 11 is 0. The van der Waals surface area contributed by atoms with E-state index in [4.69, 9.17) is 5.26 Å². The number of hydrogen-bond acceptors (Lipinski definition) is 3. The van der Waals surface area contributed by atoms with Gasteiger partial charge in [-0.25, -0.2) is 0 Å². The lowest BCUT2D eigenvalue weighted by atomic mass is 9.97. The maximum Gasteiger partial charge on any atom is 0.253 e. The predicted molar refractivity (Wildman–Crippen MR) is 82.9 cm³/mol. The van der Waals surface area contributed by atoms with Gasteiger partial charge in [0.25, 0.3) is 5.91 Å². The fraction of sp³-hybridized carbons (Fsp3) is 0.529. The maximum atomic E-state index is 12.6. The number of nitrogens with zero attached hydrogens (tertiary/aromatic N) is 2. The first kappa shape index (κ1) is 15.5. The van der Waals surface area contributed by atoms with Crippen LogP contribution in [0, 0.1) is 17.2 Å². The van der Waals surface area contributed by atoms with E-state index in [-0.39, 0.29) is 5.91 Å². The van der Waals surface area contributed by atoms with E-state index in [0.717, 1.165) is 45.4 Å². The quantitative estimate of drug-likeness (QED) is 0.904. The summed E-state index contributed by atoms with van der Waals surface area (Å²) in [5, 5.41) is 12.2. The van der Waals surface area contributed by atoms with Gasteiger partial charge < -0.3 is 10.2 Å². The normalized spacial score (nSPS) is 15.4. The SMILES string of the molecule is CCCN(CC1CCNCC1)C(=O)c1ccc(C#N)cc1. The Kier molecular flexibility index (Phi) is 5.77. The summed E-state index contributed by atoms with van der Waals surface area (Å²) in [5.41, 5.74) is 1.27. The fourth-order valence-corrected chi connectivity index (χ4v) is 2.79. The van der Waals surface area contributed by atoms with Crippen molar-refractivity contribution in [2.45, 2.75) is 26.2 Å². The second kappa shape index (κ2) is 7.80. The highest BCUT2D eigenvalue weighted by Crippen LogP contribution is 2.16. The third-order valence-corrected chi connectivity index (χ3v) is 3.98. The van der Waals surface area contributed by atoms with E-state index in [1.54, 1.807) is 24.3 Å². The first-order chi connectivity index (χ1) is 10.2. The number of amides is 1. The molecule has 1 saturated heterocycles. The average molecular weight is 285 g/mol. The number of hydrogen-bond donors (Lipinski definition) is 1. The Morgan fingerprint density at radius 2 is 2.00 bits per heavy atom. The summed E-state index contributed by atoms with van der Waals surface area (Å²) < 4.78 is 0. The molecule has 1 aliphatic heterocycles. The van der Waals surface area contributed by atoms with Gasteiger partial charge in [-0.3, -0.25) is 4.79 Å². The molecule has 0 unspecified atom stereocenters. The van der Waals surface area contributed by atoms with Crippen LogP contribution in [0.5, 0.6) is 0 Å². The molecule has 4 nitrogen and oxygen atoms in total. The molecule has 4 heteroatoms. The zero-order valence-electron chi connectivity index (χ0n) is 12.6. The number of benzene rings is 1. The Balaban J connectivity index is 2.04. The Labute approximate surface area is 126 Å². The van der Waals surface area contributed by atoms with Gasteiger partial charge in [-0.15, -0.1) is 0 Å². The van der Waals surface area contributed by atoms with Gasteiger partial charge in [-0.2, -0.15) is 5.26 Å². The molecule has 0 spiro atoms. The van der Waals surface area contributed by atoms with Crippen LogP contribution >= 0.6 is 0 Å². The van der Waals surface area contributed by atoms with Gasteiger partial charge in [-0.1, -0.05) is 6.92 Å². The minimum Gasteiger partial charge on any atom is -0.338 e. The standard InChI is InChI=1S/C17H23N3O/c1-2-11-20(13-15-7-9-19-10-8-15)17(21)16-5-3-14(12-18)4-6-16/h3-6,15,19H,2,7-11,13H2,1H3. The molecule has 1 fully saturated rings. The maximum absolute atomic E-state index is 12.6. The summed E-state index contributed by atoms with van der Waals surface area (Å²) in [6, 6.07) is 9.01. The van der Waals surface area contributed by atoms with Gasteiger partial charge in [0.05, 0.1) is 11.6 Å². The van der Waals surface area contributed by atoms with E-state index < -0.39 is 0 Å². The molecule has 0 aromatic heterocycles. The van der Waals surface area contributed by atoms with Crippen molar-refractivity contribution in [1.29, 1.82) is 5.26 Å². The summed E-state index contributed by atoms with van der Waals surface area (Å²) in [7, 11) is 0. The van der Waals surface area contributed by atoms with Crippen molar-refractivity contribution in [1.82, 2.24) is 10.2 Å². The van der Waals surface area contributed by atoms with E-state index in [1.165, 1.54) is 0 Å². The van der Waals surface area contributed by atoms with Crippen molar-refractivity contribution in [3.05, 3.63) is 35.4 Å². The molecule has 0 radical (unpaired) electrons. The highest BCUT2D eigenvalue weighted by molar-refractivity contribution is 5.94. The summed E-state index contributed by atoms with van der Waals surface area (Å²) in [4.78, 5) is 14.6. The minimum atomic E-state index is 0.0832. The molecule has 1 aromatic carbocycles. The molecule has 1 amide bonds. The van der Waals surface area contributed by atoms with Crippen LogP contribution in [0.3, 0.4) is 0 Å². The number of rotatable bonds is 5. The van der Waals surface area contributed by atoms with Crippen LogP contribution in [-0.4, -0.2) is 37.0 Å². The van der Waals surface area contributed by atoms with E-state index in [2.05, 4.69) is 18.3 Å². The van der Waals surface area contributed by atoms with Crippen molar-refractivity contribution >= 4 is 5.91 Å². The number of nitrogens with one attached hydrogen (secondary N) is 1. The van der Waals surface area contributed by atoms with Crippen LogP contribution in [0.4, 0.5) is 0 Å². The summed E-state index contributed by atoms with van der Waals surface area (Å²) in [6.07, 6.45) is 3.24. The summed E-state index contributed by atoms with van der Waals surface area (Å²) in [5.74, 6) is 0.681. The molecular formula is C17H23N3O. The predicted octanol–water partition coefficient (Wildman–Crippen LogP) is 2.41. The van der Waals surface area contributed by atoms with Crippen molar-refractivity contribution in [3.8, 4) is 6.07 Å². The van der Waals surface area contributed by atoms with Crippen LogP contribution in [0.1, 0.15) is 42.1 Å². The topological polar surface area (TPSA) is 56.1 Å². The van der Waals surface area contributed by atoms with Crippen LogP contribution in [0.2, 0.25) is 0 Å². The van der Waals surface area contributed by atoms with Gasteiger partial charge in [0.1, 0.15) is 0 Å². The molecule has 0 aliphatic carbocycles. The highest BCUT2D eigenvalue weighted by atomic mass is 16.2. The Bertz CT molecular complexity index is 498. The molecule has 1 aliphatic rings. The van der Waals surface area contributed by atoms with Crippen LogP contribution in [0.15, 0.2) is 24.3 Å².